The SMILES string of the molecule is NS(=O)(=O)c1ccc(Br)c(C(=O)OCC(=O)NCc2ccco2)c1. The van der Waals surface area contributed by atoms with Crippen LogP contribution < -0.4 is 10.5 Å². The van der Waals surface area contributed by atoms with E-state index in [9.17, 15) is 18.0 Å². The number of furan rings is 1. The number of carbonyl (C=O) groups excluding carboxylic acids is 2. The molecule has 8 nitrogen and oxygen atoms in total. The summed E-state index contributed by atoms with van der Waals surface area (Å²) in [7, 11) is -3.96. The van der Waals surface area contributed by atoms with Crippen molar-refractivity contribution in [1.82, 2.24) is 5.32 Å². The Bertz CT molecular complexity index is 848. The van der Waals surface area contributed by atoms with Gasteiger partial charge in [-0.1, -0.05) is 0 Å². The van der Waals surface area contributed by atoms with E-state index in [-0.39, 0.29) is 17.0 Å². The highest BCUT2D eigenvalue weighted by Gasteiger charge is 2.17. The molecule has 2 aromatic rings. The third kappa shape index (κ3) is 4.91. The van der Waals surface area contributed by atoms with E-state index in [1.54, 1.807) is 12.1 Å². The number of esters is 1. The highest BCUT2D eigenvalue weighted by molar-refractivity contribution is 9.10. The third-order valence-electron chi connectivity index (χ3n) is 2.86. The minimum atomic E-state index is -3.96. The molecule has 0 unspecified atom stereocenters. The Morgan fingerprint density at radius 2 is 2.04 bits per heavy atom. The van der Waals surface area contributed by atoms with Crippen molar-refractivity contribution in [2.75, 3.05) is 6.61 Å². The van der Waals surface area contributed by atoms with E-state index in [1.807, 2.05) is 0 Å². The third-order valence-corrected chi connectivity index (χ3v) is 4.46. The second kappa shape index (κ2) is 7.60. The largest absolute Gasteiger partial charge is 0.467 e. The maximum atomic E-state index is 12.0. The lowest BCUT2D eigenvalue weighted by Crippen LogP contribution is -2.28. The van der Waals surface area contributed by atoms with Gasteiger partial charge in [0.25, 0.3) is 5.91 Å². The number of nitrogens with one attached hydrogen (secondary N) is 1. The number of halogens is 1. The maximum Gasteiger partial charge on any atom is 0.339 e. The van der Waals surface area contributed by atoms with Crippen LogP contribution in [0.4, 0.5) is 0 Å². The van der Waals surface area contributed by atoms with Gasteiger partial charge in [0.05, 0.1) is 23.3 Å². The lowest BCUT2D eigenvalue weighted by atomic mass is 10.2. The van der Waals surface area contributed by atoms with Crippen LogP contribution in [-0.4, -0.2) is 26.9 Å². The molecule has 24 heavy (non-hydrogen) atoms. The van der Waals surface area contributed by atoms with Crippen molar-refractivity contribution in [3.8, 4) is 0 Å². The molecule has 1 aromatic carbocycles. The molecule has 0 spiro atoms. The molecule has 0 aliphatic heterocycles. The molecule has 128 valence electrons. The van der Waals surface area contributed by atoms with Crippen LogP contribution in [0, 0.1) is 0 Å². The molecule has 1 heterocycles. The lowest BCUT2D eigenvalue weighted by Gasteiger charge is -2.08. The summed E-state index contributed by atoms with van der Waals surface area (Å²) in [4.78, 5) is 23.4. The van der Waals surface area contributed by atoms with Crippen LogP contribution in [-0.2, 0) is 26.1 Å². The number of benzene rings is 1. The molecular formula is C14H13BrN2O6S. The summed E-state index contributed by atoms with van der Waals surface area (Å²) in [6, 6.07) is 7.03. The van der Waals surface area contributed by atoms with Gasteiger partial charge in [-0.25, -0.2) is 18.4 Å². The molecule has 10 heteroatoms. The second-order valence-electron chi connectivity index (χ2n) is 4.62. The van der Waals surface area contributed by atoms with Crippen LogP contribution in [0.15, 0.2) is 50.4 Å². The fraction of sp³-hybridized carbons (Fsp3) is 0.143. The molecule has 0 aliphatic rings. The molecule has 2 rings (SSSR count). The van der Waals surface area contributed by atoms with Crippen LogP contribution in [0.25, 0.3) is 0 Å². The molecule has 0 aliphatic carbocycles. The smallest absolute Gasteiger partial charge is 0.339 e. The molecule has 0 fully saturated rings. The van der Waals surface area contributed by atoms with Gasteiger partial charge in [-0.15, -0.1) is 0 Å². The number of ether oxygens (including phenoxy) is 1. The van der Waals surface area contributed by atoms with E-state index >= 15 is 0 Å². The first-order valence-corrected chi connectivity index (χ1v) is 8.90. The molecular weight excluding hydrogens is 404 g/mol. The Hall–Kier alpha value is -2.17. The summed E-state index contributed by atoms with van der Waals surface area (Å²) in [6.45, 7) is -0.362. The molecule has 0 saturated heterocycles. The van der Waals surface area contributed by atoms with Crippen molar-refractivity contribution in [3.63, 3.8) is 0 Å². The van der Waals surface area contributed by atoms with E-state index in [4.69, 9.17) is 14.3 Å². The van der Waals surface area contributed by atoms with Crippen LogP contribution in [0.2, 0.25) is 0 Å². The van der Waals surface area contributed by atoms with Gasteiger partial charge >= 0.3 is 5.97 Å². The summed E-state index contributed by atoms with van der Waals surface area (Å²) < 4.78 is 32.9. The Morgan fingerprint density at radius 3 is 2.67 bits per heavy atom. The molecule has 0 atom stereocenters. The van der Waals surface area contributed by atoms with E-state index < -0.39 is 28.5 Å². The summed E-state index contributed by atoms with van der Waals surface area (Å²) in [6.07, 6.45) is 1.47. The summed E-state index contributed by atoms with van der Waals surface area (Å²) >= 11 is 3.11. The lowest BCUT2D eigenvalue weighted by molar-refractivity contribution is -0.124. The zero-order chi connectivity index (χ0) is 17.7. The Balaban J connectivity index is 1.96. The molecule has 0 saturated carbocycles. The molecule has 1 aromatic heterocycles. The first kappa shape index (κ1) is 18.2. The summed E-state index contributed by atoms with van der Waals surface area (Å²) in [5, 5.41) is 7.52. The van der Waals surface area contributed by atoms with Crippen LogP contribution in [0.5, 0.6) is 0 Å². The van der Waals surface area contributed by atoms with Crippen LogP contribution in [0.1, 0.15) is 16.1 Å². The first-order chi connectivity index (χ1) is 11.3. The van der Waals surface area contributed by atoms with E-state index in [0.717, 1.165) is 6.07 Å². The highest BCUT2D eigenvalue weighted by atomic mass is 79.9. The van der Waals surface area contributed by atoms with Gasteiger partial charge in [0, 0.05) is 4.47 Å². The number of rotatable bonds is 6. The van der Waals surface area contributed by atoms with Gasteiger partial charge in [-0.05, 0) is 46.3 Å². The monoisotopic (exact) mass is 416 g/mol. The van der Waals surface area contributed by atoms with E-state index in [1.165, 1.54) is 18.4 Å². The number of primary sulfonamides is 1. The minimum Gasteiger partial charge on any atom is -0.467 e. The van der Waals surface area contributed by atoms with Crippen LogP contribution >= 0.6 is 15.9 Å². The van der Waals surface area contributed by atoms with Crippen LogP contribution in [0.3, 0.4) is 0 Å². The Labute approximate surface area is 146 Å². The first-order valence-electron chi connectivity index (χ1n) is 6.56. The van der Waals surface area contributed by atoms with E-state index in [0.29, 0.717) is 10.2 Å². The molecule has 1 amide bonds. The van der Waals surface area contributed by atoms with Crippen molar-refractivity contribution in [3.05, 3.63) is 52.4 Å². The zero-order valence-corrected chi connectivity index (χ0v) is 14.6. The second-order valence-corrected chi connectivity index (χ2v) is 7.03. The Morgan fingerprint density at radius 1 is 1.29 bits per heavy atom. The van der Waals surface area contributed by atoms with E-state index in [2.05, 4.69) is 21.2 Å². The van der Waals surface area contributed by atoms with Crippen molar-refractivity contribution < 1.29 is 27.2 Å². The number of carbonyl (C=O) groups is 2. The number of sulfonamides is 1. The van der Waals surface area contributed by atoms with Gasteiger partial charge in [0.15, 0.2) is 6.61 Å². The fourth-order valence-electron chi connectivity index (χ4n) is 1.70. The van der Waals surface area contributed by atoms with Gasteiger partial charge in [0.2, 0.25) is 10.0 Å². The predicted octanol–water partition coefficient (Wildman–Crippen LogP) is 1.16. The predicted molar refractivity (Wildman–Crippen MR) is 86.4 cm³/mol. The van der Waals surface area contributed by atoms with Gasteiger partial charge < -0.3 is 14.5 Å². The zero-order valence-electron chi connectivity index (χ0n) is 12.2. The highest BCUT2D eigenvalue weighted by Crippen LogP contribution is 2.21. The number of hydrogen-bond donors (Lipinski definition) is 2. The molecule has 3 N–H and O–H groups in total. The summed E-state index contributed by atoms with van der Waals surface area (Å²) in [5.41, 5.74) is -0.0552. The normalized spacial score (nSPS) is 11.1. The summed E-state index contributed by atoms with van der Waals surface area (Å²) in [5.74, 6) is -0.836. The quantitative estimate of drug-likeness (QED) is 0.679. The van der Waals surface area contributed by atoms with Crippen molar-refractivity contribution in [2.45, 2.75) is 11.4 Å². The van der Waals surface area contributed by atoms with Crippen molar-refractivity contribution in [1.29, 1.82) is 0 Å². The molecule has 0 bridgehead atoms. The Kier molecular flexibility index (Phi) is 5.75. The average molecular weight is 417 g/mol. The average Bonchev–Trinajstić information content (AvgIpc) is 3.03. The van der Waals surface area contributed by atoms with Crippen molar-refractivity contribution in [2.24, 2.45) is 5.14 Å². The maximum absolute atomic E-state index is 12.0. The topological polar surface area (TPSA) is 129 Å². The van der Waals surface area contributed by atoms with Gasteiger partial charge in [0.1, 0.15) is 5.76 Å². The molecule has 0 radical (unpaired) electrons. The van der Waals surface area contributed by atoms with Gasteiger partial charge in [-0.3, -0.25) is 4.79 Å². The fourth-order valence-corrected chi connectivity index (χ4v) is 2.64. The number of hydrogen-bond acceptors (Lipinski definition) is 6. The standard InChI is InChI=1S/C14H13BrN2O6S/c15-12-4-3-10(24(16,20)21)6-11(12)14(19)23-8-13(18)17-7-9-2-1-5-22-9/h1-6H,7-8H2,(H,17,18)(H2,16,20,21). The van der Waals surface area contributed by atoms with Gasteiger partial charge in [-0.2, -0.15) is 0 Å². The number of nitrogens with two attached hydrogens (primary N) is 1. The number of amides is 1. The minimum absolute atomic E-state index is 0.0552. The van der Waals surface area contributed by atoms with Crippen molar-refractivity contribution >= 4 is 37.8 Å².